The van der Waals surface area contributed by atoms with Gasteiger partial charge in [0.15, 0.2) is 0 Å². The van der Waals surface area contributed by atoms with Gasteiger partial charge in [-0.15, -0.1) is 0 Å². The van der Waals surface area contributed by atoms with Gasteiger partial charge in [0.05, 0.1) is 12.7 Å². The van der Waals surface area contributed by atoms with E-state index in [-0.39, 0.29) is 5.75 Å². The minimum atomic E-state index is -0.465. The molecule has 0 aliphatic carbocycles. The Morgan fingerprint density at radius 1 is 1.46 bits per heavy atom. The van der Waals surface area contributed by atoms with Crippen LogP contribution in [0.1, 0.15) is 10.4 Å². The molecule has 0 spiro atoms. The summed E-state index contributed by atoms with van der Waals surface area (Å²) >= 11 is 0. The molecule has 70 valence electrons. The molecule has 0 aromatic heterocycles. The molecule has 1 aromatic rings. The predicted molar refractivity (Wildman–Crippen MR) is 49.0 cm³/mol. The van der Waals surface area contributed by atoms with Crippen molar-refractivity contribution < 1.29 is 14.6 Å². The van der Waals surface area contributed by atoms with Crippen LogP contribution in [-0.2, 0) is 4.74 Å². The molecule has 0 aliphatic heterocycles. The Labute approximate surface area is 76.1 Å². The van der Waals surface area contributed by atoms with Gasteiger partial charge in [0, 0.05) is 18.8 Å². The third-order valence-electron chi connectivity index (χ3n) is 1.63. The average molecular weight is 181 g/mol. The van der Waals surface area contributed by atoms with Crippen LogP contribution in [0.5, 0.6) is 5.75 Å². The number of nitrogens with one attached hydrogen (secondary N) is 1. The maximum Gasteiger partial charge on any atom is 0.338 e. The van der Waals surface area contributed by atoms with Gasteiger partial charge in [0.25, 0.3) is 0 Å². The third-order valence-corrected chi connectivity index (χ3v) is 1.63. The SMILES string of the molecule is CNc1cc(O)cc(C(=O)OC)c1. The van der Waals surface area contributed by atoms with E-state index in [4.69, 9.17) is 0 Å². The number of benzene rings is 1. The Kier molecular flexibility index (Phi) is 2.74. The van der Waals surface area contributed by atoms with Crippen molar-refractivity contribution in [3.8, 4) is 5.75 Å². The summed E-state index contributed by atoms with van der Waals surface area (Å²) in [6, 6.07) is 4.48. The average Bonchev–Trinajstić information content (AvgIpc) is 2.15. The highest BCUT2D eigenvalue weighted by Crippen LogP contribution is 2.19. The molecule has 0 saturated heterocycles. The Morgan fingerprint density at radius 3 is 2.69 bits per heavy atom. The van der Waals surface area contributed by atoms with E-state index in [0.29, 0.717) is 11.3 Å². The number of phenols is 1. The number of rotatable bonds is 2. The first-order valence-electron chi connectivity index (χ1n) is 3.77. The number of hydrogen-bond acceptors (Lipinski definition) is 4. The molecular weight excluding hydrogens is 170 g/mol. The number of aromatic hydroxyl groups is 1. The minimum absolute atomic E-state index is 0.0345. The smallest absolute Gasteiger partial charge is 0.338 e. The van der Waals surface area contributed by atoms with E-state index in [2.05, 4.69) is 10.1 Å². The first kappa shape index (κ1) is 9.38. The van der Waals surface area contributed by atoms with Crippen LogP contribution in [-0.4, -0.2) is 25.2 Å². The van der Waals surface area contributed by atoms with Crippen molar-refractivity contribution in [2.75, 3.05) is 19.5 Å². The second-order valence-electron chi connectivity index (χ2n) is 2.51. The fourth-order valence-electron chi connectivity index (χ4n) is 0.991. The van der Waals surface area contributed by atoms with Crippen LogP contribution in [0.3, 0.4) is 0 Å². The minimum Gasteiger partial charge on any atom is -0.508 e. The van der Waals surface area contributed by atoms with Crippen molar-refractivity contribution in [1.29, 1.82) is 0 Å². The van der Waals surface area contributed by atoms with Gasteiger partial charge in [-0.25, -0.2) is 4.79 Å². The van der Waals surface area contributed by atoms with Gasteiger partial charge < -0.3 is 15.2 Å². The molecule has 1 rings (SSSR count). The highest BCUT2D eigenvalue weighted by molar-refractivity contribution is 5.91. The number of ether oxygens (including phenoxy) is 1. The lowest BCUT2D eigenvalue weighted by Crippen LogP contribution is -2.01. The van der Waals surface area contributed by atoms with Gasteiger partial charge in [0.1, 0.15) is 5.75 Å². The zero-order valence-corrected chi connectivity index (χ0v) is 7.50. The monoisotopic (exact) mass is 181 g/mol. The summed E-state index contributed by atoms with van der Waals surface area (Å²) in [5, 5.41) is 12.0. The Bertz CT molecular complexity index is 323. The fourth-order valence-corrected chi connectivity index (χ4v) is 0.991. The van der Waals surface area contributed by atoms with Crippen LogP contribution < -0.4 is 5.32 Å². The summed E-state index contributed by atoms with van der Waals surface area (Å²) in [7, 11) is 3.00. The molecule has 0 aliphatic rings. The number of carbonyl (C=O) groups excluding carboxylic acids is 1. The number of anilines is 1. The van der Waals surface area contributed by atoms with E-state index < -0.39 is 5.97 Å². The van der Waals surface area contributed by atoms with Crippen molar-refractivity contribution in [2.24, 2.45) is 0 Å². The van der Waals surface area contributed by atoms with Crippen LogP contribution in [0.2, 0.25) is 0 Å². The fraction of sp³-hybridized carbons (Fsp3) is 0.222. The lowest BCUT2D eigenvalue weighted by molar-refractivity contribution is 0.0600. The molecule has 0 fully saturated rings. The standard InChI is InChI=1S/C9H11NO3/c1-10-7-3-6(9(12)13-2)4-8(11)5-7/h3-5,10-11H,1-2H3. The summed E-state index contributed by atoms with van der Waals surface area (Å²) in [5.41, 5.74) is 0.993. The lowest BCUT2D eigenvalue weighted by Gasteiger charge is -2.04. The normalized spacial score (nSPS) is 9.38. The van der Waals surface area contributed by atoms with Crippen LogP contribution >= 0.6 is 0 Å². The van der Waals surface area contributed by atoms with Crippen molar-refractivity contribution in [1.82, 2.24) is 0 Å². The van der Waals surface area contributed by atoms with Crippen molar-refractivity contribution in [2.45, 2.75) is 0 Å². The molecular formula is C9H11NO3. The van der Waals surface area contributed by atoms with E-state index in [1.54, 1.807) is 13.1 Å². The number of hydrogen-bond donors (Lipinski definition) is 2. The van der Waals surface area contributed by atoms with Crippen LogP contribution in [0.4, 0.5) is 5.69 Å². The maximum absolute atomic E-state index is 11.1. The van der Waals surface area contributed by atoms with E-state index >= 15 is 0 Å². The zero-order valence-electron chi connectivity index (χ0n) is 7.50. The molecule has 2 N–H and O–H groups in total. The van der Waals surface area contributed by atoms with E-state index in [1.807, 2.05) is 0 Å². The lowest BCUT2D eigenvalue weighted by atomic mass is 10.2. The molecule has 0 saturated carbocycles. The second kappa shape index (κ2) is 3.80. The first-order chi connectivity index (χ1) is 6.17. The molecule has 0 heterocycles. The zero-order chi connectivity index (χ0) is 9.84. The highest BCUT2D eigenvalue weighted by Gasteiger charge is 2.07. The van der Waals surface area contributed by atoms with Gasteiger partial charge in [0.2, 0.25) is 0 Å². The Balaban J connectivity index is 3.08. The quantitative estimate of drug-likeness (QED) is 0.673. The van der Waals surface area contributed by atoms with Gasteiger partial charge >= 0.3 is 5.97 Å². The van der Waals surface area contributed by atoms with E-state index in [9.17, 15) is 9.90 Å². The largest absolute Gasteiger partial charge is 0.508 e. The number of methoxy groups -OCH3 is 1. The van der Waals surface area contributed by atoms with Crippen molar-refractivity contribution in [3.63, 3.8) is 0 Å². The predicted octanol–water partition coefficient (Wildman–Crippen LogP) is 1.22. The molecule has 0 bridgehead atoms. The van der Waals surface area contributed by atoms with Crippen LogP contribution in [0, 0.1) is 0 Å². The van der Waals surface area contributed by atoms with Crippen molar-refractivity contribution in [3.05, 3.63) is 23.8 Å². The molecule has 0 radical (unpaired) electrons. The molecule has 0 unspecified atom stereocenters. The molecule has 1 aromatic carbocycles. The molecule has 13 heavy (non-hydrogen) atoms. The summed E-state index contributed by atoms with van der Waals surface area (Å²) in [4.78, 5) is 11.1. The summed E-state index contributed by atoms with van der Waals surface area (Å²) in [5.74, 6) is -0.431. The topological polar surface area (TPSA) is 58.6 Å². The molecule has 4 nitrogen and oxygen atoms in total. The van der Waals surface area contributed by atoms with Gasteiger partial charge in [-0.1, -0.05) is 0 Å². The molecule has 0 atom stereocenters. The Hall–Kier alpha value is -1.71. The molecule has 0 amide bonds. The first-order valence-corrected chi connectivity index (χ1v) is 3.77. The number of esters is 1. The van der Waals surface area contributed by atoms with Crippen LogP contribution in [0.25, 0.3) is 0 Å². The Morgan fingerprint density at radius 2 is 2.15 bits per heavy atom. The van der Waals surface area contributed by atoms with Gasteiger partial charge in [-0.05, 0) is 12.1 Å². The summed E-state index contributed by atoms with van der Waals surface area (Å²) in [6.07, 6.45) is 0. The molecule has 4 heteroatoms. The van der Waals surface area contributed by atoms with Crippen LogP contribution in [0.15, 0.2) is 18.2 Å². The van der Waals surface area contributed by atoms with Crippen molar-refractivity contribution >= 4 is 11.7 Å². The summed E-state index contributed by atoms with van der Waals surface area (Å²) in [6.45, 7) is 0. The summed E-state index contributed by atoms with van der Waals surface area (Å²) < 4.78 is 4.51. The van der Waals surface area contributed by atoms with Gasteiger partial charge in [-0.2, -0.15) is 0 Å². The van der Waals surface area contributed by atoms with E-state index in [1.165, 1.54) is 19.2 Å². The third kappa shape index (κ3) is 2.11. The highest BCUT2D eigenvalue weighted by atomic mass is 16.5. The number of carbonyl (C=O) groups is 1. The second-order valence-corrected chi connectivity index (χ2v) is 2.51. The number of phenolic OH excluding ortho intramolecular Hbond substituents is 1. The van der Waals surface area contributed by atoms with Gasteiger partial charge in [-0.3, -0.25) is 0 Å². The van der Waals surface area contributed by atoms with E-state index in [0.717, 1.165) is 0 Å². The maximum atomic E-state index is 11.1.